The average molecular weight is 434 g/mol. The van der Waals surface area contributed by atoms with Crippen LogP contribution in [0.4, 0.5) is 0 Å². The molecule has 0 fully saturated rings. The third kappa shape index (κ3) is 2.81. The number of methoxy groups -OCH3 is 1. The molecule has 0 aliphatic heterocycles. The van der Waals surface area contributed by atoms with Crippen LogP contribution in [0.1, 0.15) is 46.5 Å². The second-order valence-electron chi connectivity index (χ2n) is 6.65. The van der Waals surface area contributed by atoms with Crippen LogP contribution in [0.5, 0.6) is 5.75 Å². The summed E-state index contributed by atoms with van der Waals surface area (Å²) in [6.45, 7) is 5.71. The van der Waals surface area contributed by atoms with Gasteiger partial charge in [-0.25, -0.2) is 0 Å². The fourth-order valence-electron chi connectivity index (χ4n) is 3.42. The molecule has 0 amide bonds. The van der Waals surface area contributed by atoms with E-state index in [2.05, 4.69) is 0 Å². The highest BCUT2D eigenvalue weighted by Gasteiger charge is 2.42. The van der Waals surface area contributed by atoms with Gasteiger partial charge in [-0.05, 0) is 35.7 Å². The van der Waals surface area contributed by atoms with Gasteiger partial charge in [-0.1, -0.05) is 60.3 Å². The first-order valence-corrected chi connectivity index (χ1v) is 9.32. The number of carbonyl (C=O) groups excluding carboxylic acids is 1. The van der Waals surface area contributed by atoms with Crippen molar-refractivity contribution in [2.75, 3.05) is 13.9 Å². The number of fused-ring (bicyclic) bond motifs is 2. The van der Waals surface area contributed by atoms with Crippen molar-refractivity contribution in [3.63, 3.8) is 0 Å². The third-order valence-electron chi connectivity index (χ3n) is 4.68. The van der Waals surface area contributed by atoms with E-state index in [0.29, 0.717) is 32.3 Å². The molecule has 0 heterocycles. The first-order valence-electron chi connectivity index (χ1n) is 7.80. The van der Waals surface area contributed by atoms with E-state index in [1.165, 1.54) is 7.11 Å². The first-order chi connectivity index (χ1) is 12.1. The Morgan fingerprint density at radius 3 is 2.08 bits per heavy atom. The molecule has 3 nitrogen and oxygen atoms in total. The molecule has 0 atom stereocenters. The molecule has 1 aliphatic carbocycles. The number of ether oxygens (including phenoxy) is 2. The molecule has 0 radical (unpaired) electrons. The molecule has 0 N–H and O–H groups in total. The van der Waals surface area contributed by atoms with Gasteiger partial charge >= 0.3 is 0 Å². The molecular formula is C19H16Cl4O3. The van der Waals surface area contributed by atoms with Crippen LogP contribution in [-0.2, 0) is 10.2 Å². The van der Waals surface area contributed by atoms with Crippen molar-refractivity contribution in [1.29, 1.82) is 0 Å². The predicted octanol–water partition coefficient (Wildman–Crippen LogP) is 6.46. The summed E-state index contributed by atoms with van der Waals surface area (Å²) in [5.74, 6) is 0.0558. The Balaban J connectivity index is 2.36. The lowest BCUT2D eigenvalue weighted by Gasteiger charge is -2.37. The maximum atomic E-state index is 13.1. The van der Waals surface area contributed by atoms with E-state index in [9.17, 15) is 4.79 Å². The lowest BCUT2D eigenvalue weighted by atomic mass is 9.68. The molecule has 0 unspecified atom stereocenters. The fraction of sp³-hybridized carbons (Fsp3) is 0.316. The van der Waals surface area contributed by atoms with E-state index < -0.39 is 5.41 Å². The van der Waals surface area contributed by atoms with Crippen LogP contribution >= 0.6 is 46.4 Å². The topological polar surface area (TPSA) is 35.5 Å². The predicted molar refractivity (Wildman–Crippen MR) is 106 cm³/mol. The number of halogens is 4. The molecule has 1 aliphatic rings. The average Bonchev–Trinajstić information content (AvgIpc) is 2.56. The largest absolute Gasteiger partial charge is 0.464 e. The van der Waals surface area contributed by atoms with E-state index in [1.54, 1.807) is 12.1 Å². The van der Waals surface area contributed by atoms with Crippen LogP contribution in [0, 0.1) is 6.92 Å². The Hall–Kier alpha value is -0.970. The smallest absolute Gasteiger partial charge is 0.193 e. The summed E-state index contributed by atoms with van der Waals surface area (Å²) in [6, 6.07) is 3.23. The first kappa shape index (κ1) is 19.8. The number of benzene rings is 2. The highest BCUT2D eigenvalue weighted by Crippen LogP contribution is 2.52. The fourth-order valence-corrected chi connectivity index (χ4v) is 4.91. The van der Waals surface area contributed by atoms with Crippen molar-refractivity contribution in [3.8, 4) is 5.75 Å². The van der Waals surface area contributed by atoms with E-state index >= 15 is 0 Å². The van der Waals surface area contributed by atoms with Crippen molar-refractivity contribution in [1.82, 2.24) is 0 Å². The second kappa shape index (κ2) is 6.88. The van der Waals surface area contributed by atoms with Crippen LogP contribution in [-0.4, -0.2) is 19.7 Å². The zero-order chi connectivity index (χ0) is 19.4. The van der Waals surface area contributed by atoms with Gasteiger partial charge in [0.15, 0.2) is 18.3 Å². The molecule has 0 saturated carbocycles. The van der Waals surface area contributed by atoms with Crippen LogP contribution in [0.2, 0.25) is 20.1 Å². The Morgan fingerprint density at radius 1 is 0.962 bits per heavy atom. The SMILES string of the molecule is COCOc1c(Cl)cc2c(c1Cl)C(C)(C)c1c(cc(Cl)c(C)c1Cl)C2=O. The van der Waals surface area contributed by atoms with Crippen LogP contribution in [0.3, 0.4) is 0 Å². The van der Waals surface area contributed by atoms with Gasteiger partial charge in [0.25, 0.3) is 0 Å². The minimum Gasteiger partial charge on any atom is -0.464 e. The van der Waals surface area contributed by atoms with Gasteiger partial charge < -0.3 is 9.47 Å². The number of carbonyl (C=O) groups is 1. The molecule has 26 heavy (non-hydrogen) atoms. The Labute approximate surface area is 172 Å². The van der Waals surface area contributed by atoms with Crippen molar-refractivity contribution in [2.45, 2.75) is 26.2 Å². The van der Waals surface area contributed by atoms with Crippen molar-refractivity contribution in [3.05, 3.63) is 60.0 Å². The lowest BCUT2D eigenvalue weighted by molar-refractivity contribution is 0.0511. The zero-order valence-electron chi connectivity index (χ0n) is 14.6. The van der Waals surface area contributed by atoms with Gasteiger partial charge in [0.2, 0.25) is 0 Å². The van der Waals surface area contributed by atoms with Crippen LogP contribution in [0.25, 0.3) is 0 Å². The maximum absolute atomic E-state index is 13.1. The van der Waals surface area contributed by atoms with Gasteiger partial charge in [-0.15, -0.1) is 0 Å². The summed E-state index contributed by atoms with van der Waals surface area (Å²) in [6.07, 6.45) is 0. The zero-order valence-corrected chi connectivity index (χ0v) is 17.6. The maximum Gasteiger partial charge on any atom is 0.193 e. The molecule has 0 bridgehead atoms. The van der Waals surface area contributed by atoms with Crippen molar-refractivity contribution < 1.29 is 14.3 Å². The second-order valence-corrected chi connectivity index (χ2v) is 8.22. The normalized spacial score (nSPS) is 14.8. The summed E-state index contributed by atoms with van der Waals surface area (Å²) < 4.78 is 10.5. The molecule has 2 aromatic carbocycles. The van der Waals surface area contributed by atoms with E-state index in [-0.39, 0.29) is 28.4 Å². The summed E-state index contributed by atoms with van der Waals surface area (Å²) in [5.41, 5.74) is 2.25. The van der Waals surface area contributed by atoms with Gasteiger partial charge in [0.05, 0.1) is 10.0 Å². The number of hydrogen-bond donors (Lipinski definition) is 0. The Bertz CT molecular complexity index is 935. The highest BCUT2D eigenvalue weighted by atomic mass is 35.5. The summed E-state index contributed by atoms with van der Waals surface area (Å²) in [4.78, 5) is 13.1. The minimum absolute atomic E-state index is 0.0152. The summed E-state index contributed by atoms with van der Waals surface area (Å²) in [7, 11) is 1.50. The molecule has 0 spiro atoms. The van der Waals surface area contributed by atoms with Gasteiger partial charge in [-0.3, -0.25) is 4.79 Å². The monoisotopic (exact) mass is 432 g/mol. The molecule has 138 valence electrons. The van der Waals surface area contributed by atoms with E-state index in [4.69, 9.17) is 55.9 Å². The van der Waals surface area contributed by atoms with Crippen LogP contribution < -0.4 is 4.74 Å². The quantitative estimate of drug-likeness (QED) is 0.521. The van der Waals surface area contributed by atoms with Gasteiger partial charge in [0.1, 0.15) is 0 Å². The van der Waals surface area contributed by atoms with Crippen molar-refractivity contribution >= 4 is 52.2 Å². The summed E-state index contributed by atoms with van der Waals surface area (Å²) in [5, 5.41) is 1.42. The Kier molecular flexibility index (Phi) is 5.24. The molecule has 0 aromatic heterocycles. The van der Waals surface area contributed by atoms with Crippen molar-refractivity contribution in [2.24, 2.45) is 0 Å². The number of hydrogen-bond acceptors (Lipinski definition) is 3. The molecule has 0 saturated heterocycles. The van der Waals surface area contributed by atoms with E-state index in [1.807, 2.05) is 20.8 Å². The molecule has 2 aromatic rings. The lowest BCUT2D eigenvalue weighted by Crippen LogP contribution is -2.32. The Morgan fingerprint density at radius 2 is 1.50 bits per heavy atom. The highest BCUT2D eigenvalue weighted by molar-refractivity contribution is 6.40. The number of ketones is 1. The van der Waals surface area contributed by atoms with Crippen LogP contribution in [0.15, 0.2) is 12.1 Å². The molecular weight excluding hydrogens is 418 g/mol. The van der Waals surface area contributed by atoms with E-state index in [0.717, 1.165) is 5.56 Å². The standard InChI is InChI=1S/C19H16Cl4O3/c1-8-11(20)5-9-13(15(8)22)19(2,3)14-10(17(9)24)6-12(21)18(16(14)23)26-7-25-4/h5-6H,7H2,1-4H3. The minimum atomic E-state index is -0.655. The molecule has 7 heteroatoms. The van der Waals surface area contributed by atoms with Gasteiger partial charge in [0, 0.05) is 33.7 Å². The molecule has 3 rings (SSSR count). The summed E-state index contributed by atoms with van der Waals surface area (Å²) >= 11 is 25.8. The third-order valence-corrected chi connectivity index (χ3v) is 6.19. The van der Waals surface area contributed by atoms with Gasteiger partial charge in [-0.2, -0.15) is 0 Å². The number of rotatable bonds is 3.